The number of carbonyl (C=O) groups excluding carboxylic acids is 1. The predicted octanol–water partition coefficient (Wildman–Crippen LogP) is 3.14. The summed E-state index contributed by atoms with van der Waals surface area (Å²) in [5, 5.41) is 9.11. The number of hydrogen-bond acceptors (Lipinski definition) is 4. The SMILES string of the molecule is O=C(Nc1ccn(-c2cncc(F)c2)n1)C1(c2cccs2)CC1. The van der Waals surface area contributed by atoms with Gasteiger partial charge in [-0.3, -0.25) is 9.78 Å². The van der Waals surface area contributed by atoms with Gasteiger partial charge in [0.2, 0.25) is 5.91 Å². The summed E-state index contributed by atoms with van der Waals surface area (Å²) in [6.45, 7) is 0. The highest BCUT2D eigenvalue weighted by molar-refractivity contribution is 7.10. The van der Waals surface area contributed by atoms with Crippen LogP contribution in [0.4, 0.5) is 10.2 Å². The molecule has 7 heteroatoms. The number of rotatable bonds is 4. The van der Waals surface area contributed by atoms with Crippen molar-refractivity contribution in [3.8, 4) is 5.69 Å². The standard InChI is InChI=1S/C16H13FN4OS/c17-11-8-12(10-18-9-11)21-6-3-14(20-21)19-15(22)16(4-5-16)13-2-1-7-23-13/h1-3,6-10H,4-5H2,(H,19,20,22). The molecule has 0 radical (unpaired) electrons. The van der Waals surface area contributed by atoms with Gasteiger partial charge in [-0.25, -0.2) is 9.07 Å². The third-order valence-corrected chi connectivity index (χ3v) is 5.04. The number of amides is 1. The fraction of sp³-hybridized carbons (Fsp3) is 0.188. The Labute approximate surface area is 135 Å². The van der Waals surface area contributed by atoms with Crippen LogP contribution in [0.25, 0.3) is 5.69 Å². The molecule has 3 aromatic rings. The summed E-state index contributed by atoms with van der Waals surface area (Å²) in [5.41, 5.74) is 0.100. The van der Waals surface area contributed by atoms with Crippen LogP contribution in [0.3, 0.4) is 0 Å². The third-order valence-electron chi connectivity index (χ3n) is 3.96. The first kappa shape index (κ1) is 14.1. The number of hydrogen-bond donors (Lipinski definition) is 1. The monoisotopic (exact) mass is 328 g/mol. The average molecular weight is 328 g/mol. The molecule has 0 aromatic carbocycles. The lowest BCUT2D eigenvalue weighted by Crippen LogP contribution is -2.27. The number of carbonyl (C=O) groups is 1. The summed E-state index contributed by atoms with van der Waals surface area (Å²) in [5.74, 6) is -0.0251. The zero-order chi connectivity index (χ0) is 15.9. The molecule has 0 spiro atoms. The lowest BCUT2D eigenvalue weighted by atomic mass is 10.0. The molecule has 0 unspecified atom stereocenters. The van der Waals surface area contributed by atoms with Crippen LogP contribution in [0.1, 0.15) is 17.7 Å². The topological polar surface area (TPSA) is 59.8 Å². The Kier molecular flexibility index (Phi) is 3.23. The molecule has 23 heavy (non-hydrogen) atoms. The Morgan fingerprint density at radius 1 is 1.35 bits per heavy atom. The van der Waals surface area contributed by atoms with E-state index in [0.29, 0.717) is 11.5 Å². The lowest BCUT2D eigenvalue weighted by molar-refractivity contribution is -0.118. The minimum absolute atomic E-state index is 0.0393. The number of halogens is 1. The van der Waals surface area contributed by atoms with E-state index in [2.05, 4.69) is 15.4 Å². The van der Waals surface area contributed by atoms with E-state index >= 15 is 0 Å². The maximum Gasteiger partial charge on any atom is 0.237 e. The molecule has 116 valence electrons. The zero-order valence-electron chi connectivity index (χ0n) is 12.1. The summed E-state index contributed by atoms with van der Waals surface area (Å²) in [6, 6.07) is 6.97. The summed E-state index contributed by atoms with van der Waals surface area (Å²) in [6.07, 6.45) is 6.02. The van der Waals surface area contributed by atoms with Crippen molar-refractivity contribution in [3.63, 3.8) is 0 Å². The number of aromatic nitrogens is 3. The van der Waals surface area contributed by atoms with Crippen molar-refractivity contribution in [2.75, 3.05) is 5.32 Å². The summed E-state index contributed by atoms with van der Waals surface area (Å²) in [4.78, 5) is 17.4. The molecule has 5 nitrogen and oxygen atoms in total. The van der Waals surface area contributed by atoms with Crippen molar-refractivity contribution in [1.82, 2.24) is 14.8 Å². The first-order chi connectivity index (χ1) is 11.2. The largest absolute Gasteiger partial charge is 0.308 e. The Bertz CT molecular complexity index is 855. The molecule has 1 aliphatic rings. The van der Waals surface area contributed by atoms with Crippen molar-refractivity contribution in [2.45, 2.75) is 18.3 Å². The predicted molar refractivity (Wildman–Crippen MR) is 85.2 cm³/mol. The number of thiophene rings is 1. The summed E-state index contributed by atoms with van der Waals surface area (Å²) < 4.78 is 14.7. The van der Waals surface area contributed by atoms with E-state index in [-0.39, 0.29) is 5.91 Å². The van der Waals surface area contributed by atoms with E-state index < -0.39 is 11.2 Å². The highest BCUT2D eigenvalue weighted by atomic mass is 32.1. The Hall–Kier alpha value is -2.54. The molecular formula is C16H13FN4OS. The third kappa shape index (κ3) is 2.53. The van der Waals surface area contributed by atoms with Gasteiger partial charge in [0.05, 0.1) is 23.5 Å². The van der Waals surface area contributed by atoms with E-state index in [9.17, 15) is 9.18 Å². The number of nitrogens with one attached hydrogen (secondary N) is 1. The molecule has 1 aliphatic carbocycles. The van der Waals surface area contributed by atoms with E-state index in [0.717, 1.165) is 23.9 Å². The molecule has 3 aromatic heterocycles. The fourth-order valence-corrected chi connectivity index (χ4v) is 3.54. The van der Waals surface area contributed by atoms with Gasteiger partial charge in [-0.15, -0.1) is 11.3 Å². The van der Waals surface area contributed by atoms with Gasteiger partial charge in [-0.1, -0.05) is 6.07 Å². The first-order valence-electron chi connectivity index (χ1n) is 7.19. The number of nitrogens with zero attached hydrogens (tertiary/aromatic N) is 3. The normalized spacial score (nSPS) is 15.3. The molecule has 0 atom stereocenters. The van der Waals surface area contributed by atoms with Crippen molar-refractivity contribution in [3.05, 3.63) is 58.9 Å². The van der Waals surface area contributed by atoms with E-state index in [1.807, 2.05) is 17.5 Å². The van der Waals surface area contributed by atoms with Gasteiger partial charge in [0.15, 0.2) is 5.82 Å². The quantitative estimate of drug-likeness (QED) is 0.800. The Balaban J connectivity index is 1.53. The van der Waals surface area contributed by atoms with E-state index in [1.54, 1.807) is 23.6 Å². The van der Waals surface area contributed by atoms with Crippen LogP contribution < -0.4 is 5.32 Å². The molecule has 0 saturated heterocycles. The maximum atomic E-state index is 13.2. The maximum absolute atomic E-state index is 13.2. The summed E-state index contributed by atoms with van der Waals surface area (Å²) in [7, 11) is 0. The van der Waals surface area contributed by atoms with Crippen molar-refractivity contribution < 1.29 is 9.18 Å². The molecule has 4 rings (SSSR count). The second kappa shape index (κ2) is 5.27. The molecule has 1 saturated carbocycles. The fourth-order valence-electron chi connectivity index (χ4n) is 2.56. The number of pyridine rings is 1. The number of anilines is 1. The highest BCUT2D eigenvalue weighted by Crippen LogP contribution is 2.50. The Morgan fingerprint density at radius 3 is 2.91 bits per heavy atom. The van der Waals surface area contributed by atoms with Crippen LogP contribution in [0.2, 0.25) is 0 Å². The molecule has 1 fully saturated rings. The van der Waals surface area contributed by atoms with Crippen LogP contribution in [-0.2, 0) is 10.2 Å². The molecule has 3 heterocycles. The van der Waals surface area contributed by atoms with Gasteiger partial charge < -0.3 is 5.32 Å². The molecule has 1 N–H and O–H groups in total. The first-order valence-corrected chi connectivity index (χ1v) is 8.07. The van der Waals surface area contributed by atoms with Gasteiger partial charge in [0.1, 0.15) is 5.82 Å². The second-order valence-electron chi connectivity index (χ2n) is 5.52. The van der Waals surface area contributed by atoms with Crippen LogP contribution >= 0.6 is 11.3 Å². The molecule has 1 amide bonds. The summed E-state index contributed by atoms with van der Waals surface area (Å²) >= 11 is 1.60. The van der Waals surface area contributed by atoms with Crippen LogP contribution in [0.15, 0.2) is 48.2 Å². The molecular weight excluding hydrogens is 315 g/mol. The van der Waals surface area contributed by atoms with Crippen LogP contribution in [-0.4, -0.2) is 20.7 Å². The van der Waals surface area contributed by atoms with E-state index in [1.165, 1.54) is 16.9 Å². The Morgan fingerprint density at radius 2 is 2.22 bits per heavy atom. The van der Waals surface area contributed by atoms with Gasteiger partial charge in [-0.05, 0) is 24.3 Å². The van der Waals surface area contributed by atoms with Crippen LogP contribution in [0.5, 0.6) is 0 Å². The van der Waals surface area contributed by atoms with Gasteiger partial charge >= 0.3 is 0 Å². The minimum Gasteiger partial charge on any atom is -0.308 e. The average Bonchev–Trinajstić information content (AvgIpc) is 2.98. The lowest BCUT2D eigenvalue weighted by Gasteiger charge is -2.12. The van der Waals surface area contributed by atoms with E-state index in [4.69, 9.17) is 0 Å². The van der Waals surface area contributed by atoms with Crippen LogP contribution in [0, 0.1) is 5.82 Å². The molecule has 0 aliphatic heterocycles. The van der Waals surface area contributed by atoms with Crippen molar-refractivity contribution in [2.24, 2.45) is 0 Å². The van der Waals surface area contributed by atoms with Crippen molar-refractivity contribution >= 4 is 23.1 Å². The minimum atomic E-state index is -0.432. The smallest absolute Gasteiger partial charge is 0.237 e. The zero-order valence-corrected chi connectivity index (χ0v) is 12.9. The highest BCUT2D eigenvalue weighted by Gasteiger charge is 2.52. The van der Waals surface area contributed by atoms with Gasteiger partial charge in [0.25, 0.3) is 0 Å². The van der Waals surface area contributed by atoms with Crippen molar-refractivity contribution in [1.29, 1.82) is 0 Å². The molecule has 0 bridgehead atoms. The van der Waals surface area contributed by atoms with Gasteiger partial charge in [0, 0.05) is 23.2 Å². The second-order valence-corrected chi connectivity index (χ2v) is 6.47. The van der Waals surface area contributed by atoms with Gasteiger partial charge in [-0.2, -0.15) is 5.10 Å².